The molecule has 0 saturated carbocycles. The Morgan fingerprint density at radius 1 is 0.783 bits per heavy atom. The fourth-order valence-corrected chi connectivity index (χ4v) is 3.85. The van der Waals surface area contributed by atoms with Crippen molar-refractivity contribution in [3.8, 4) is 0 Å². The van der Waals surface area contributed by atoms with Crippen LogP contribution >= 0.6 is 0 Å². The average molecular weight is 325 g/mol. The number of rotatable bonds is 3. The maximum atomic E-state index is 11.5. The second-order valence-corrected chi connectivity index (χ2v) is 8.74. The van der Waals surface area contributed by atoms with Crippen molar-refractivity contribution in [1.29, 1.82) is 0 Å². The minimum absolute atomic E-state index is 0.173. The highest BCUT2D eigenvalue weighted by Crippen LogP contribution is 2.21. The van der Waals surface area contributed by atoms with Gasteiger partial charge in [-0.2, -0.15) is 0 Å². The number of amides is 1. The Hall–Kier alpha value is -0.650. The van der Waals surface area contributed by atoms with E-state index in [0.717, 1.165) is 58.9 Å². The second-order valence-electron chi connectivity index (χ2n) is 8.74. The van der Waals surface area contributed by atoms with Gasteiger partial charge in [0.1, 0.15) is 0 Å². The molecule has 0 spiro atoms. The summed E-state index contributed by atoms with van der Waals surface area (Å²) in [5.74, 6) is 0.209. The Morgan fingerprint density at radius 2 is 1.26 bits per heavy atom. The van der Waals surface area contributed by atoms with Crippen molar-refractivity contribution in [2.24, 2.45) is 0 Å². The molecule has 134 valence electrons. The largest absolute Gasteiger partial charge is 0.340 e. The summed E-state index contributed by atoms with van der Waals surface area (Å²) in [5.41, 5.74) is 0.456. The van der Waals surface area contributed by atoms with Gasteiger partial charge in [-0.25, -0.2) is 0 Å². The van der Waals surface area contributed by atoms with Crippen LogP contribution in [0.25, 0.3) is 0 Å². The molecule has 2 saturated heterocycles. The average Bonchev–Trinajstić information content (AvgIpc) is 2.46. The van der Waals surface area contributed by atoms with E-state index in [1.54, 1.807) is 6.92 Å². The highest BCUT2D eigenvalue weighted by molar-refractivity contribution is 5.73. The van der Waals surface area contributed by atoms with E-state index >= 15 is 0 Å². The van der Waals surface area contributed by atoms with Gasteiger partial charge in [-0.1, -0.05) is 0 Å². The predicted octanol–water partition coefficient (Wildman–Crippen LogP) is 1.35. The smallest absolute Gasteiger partial charge is 0.219 e. The molecule has 0 aliphatic carbocycles. The molecule has 5 heteroatoms. The Kier molecular flexibility index (Phi) is 5.75. The highest BCUT2D eigenvalue weighted by Gasteiger charge is 2.34. The van der Waals surface area contributed by atoms with E-state index in [-0.39, 0.29) is 17.0 Å². The highest BCUT2D eigenvalue weighted by atomic mass is 16.2. The van der Waals surface area contributed by atoms with E-state index in [1.807, 2.05) is 4.90 Å². The molecule has 0 N–H and O–H groups in total. The number of carbonyl (C=O) groups is 1. The van der Waals surface area contributed by atoms with Crippen LogP contribution in [-0.2, 0) is 4.79 Å². The Bertz CT molecular complexity index is 400. The van der Waals surface area contributed by atoms with E-state index in [9.17, 15) is 4.79 Å². The van der Waals surface area contributed by atoms with Crippen LogP contribution in [0.2, 0.25) is 0 Å². The number of nitrogens with zero attached hydrogens (tertiary/aromatic N) is 4. The fraction of sp³-hybridized carbons (Fsp3) is 0.944. The first-order valence-electron chi connectivity index (χ1n) is 9.07. The number of hydrogen-bond donors (Lipinski definition) is 0. The lowest BCUT2D eigenvalue weighted by Crippen LogP contribution is -2.61. The molecule has 2 fully saturated rings. The van der Waals surface area contributed by atoms with E-state index in [1.165, 1.54) is 0 Å². The summed E-state index contributed by atoms with van der Waals surface area (Å²) in [5, 5.41) is 0. The van der Waals surface area contributed by atoms with Gasteiger partial charge in [-0.3, -0.25) is 19.5 Å². The van der Waals surface area contributed by atoms with Crippen LogP contribution in [-0.4, -0.2) is 95.5 Å². The van der Waals surface area contributed by atoms with Crippen LogP contribution in [0.1, 0.15) is 41.5 Å². The quantitative estimate of drug-likeness (QED) is 0.784. The molecule has 2 heterocycles. The summed E-state index contributed by atoms with van der Waals surface area (Å²) in [6, 6.07) is 0. The molecule has 0 aromatic carbocycles. The van der Waals surface area contributed by atoms with Gasteiger partial charge < -0.3 is 4.90 Å². The predicted molar refractivity (Wildman–Crippen MR) is 95.7 cm³/mol. The molecule has 23 heavy (non-hydrogen) atoms. The molecule has 0 bridgehead atoms. The van der Waals surface area contributed by atoms with Gasteiger partial charge in [0.2, 0.25) is 5.91 Å². The van der Waals surface area contributed by atoms with Crippen molar-refractivity contribution in [2.75, 3.05) is 58.9 Å². The van der Waals surface area contributed by atoms with Crippen molar-refractivity contribution >= 4 is 5.91 Å². The van der Waals surface area contributed by atoms with Gasteiger partial charge in [-0.15, -0.1) is 0 Å². The van der Waals surface area contributed by atoms with E-state index in [2.05, 4.69) is 49.3 Å². The van der Waals surface area contributed by atoms with Crippen LogP contribution in [0.3, 0.4) is 0 Å². The molecular weight excluding hydrogens is 288 g/mol. The van der Waals surface area contributed by atoms with E-state index < -0.39 is 0 Å². The van der Waals surface area contributed by atoms with E-state index in [0.29, 0.717) is 0 Å². The van der Waals surface area contributed by atoms with Crippen molar-refractivity contribution in [2.45, 2.75) is 52.6 Å². The molecular formula is C18H36N4O. The lowest BCUT2D eigenvalue weighted by Gasteiger charge is -2.48. The summed E-state index contributed by atoms with van der Waals surface area (Å²) >= 11 is 0. The summed E-state index contributed by atoms with van der Waals surface area (Å²) in [4.78, 5) is 21.2. The lowest BCUT2D eigenvalue weighted by molar-refractivity contribution is -0.131. The van der Waals surface area contributed by atoms with Crippen LogP contribution < -0.4 is 0 Å². The molecule has 0 unspecified atom stereocenters. The molecule has 2 rings (SSSR count). The normalized spacial score (nSPS) is 23.3. The summed E-state index contributed by atoms with van der Waals surface area (Å²) < 4.78 is 0. The summed E-state index contributed by atoms with van der Waals surface area (Å²) in [6.07, 6.45) is 0. The first-order valence-corrected chi connectivity index (χ1v) is 9.07. The topological polar surface area (TPSA) is 30.0 Å². The van der Waals surface area contributed by atoms with Crippen LogP contribution in [0.4, 0.5) is 0 Å². The van der Waals surface area contributed by atoms with Crippen LogP contribution in [0.15, 0.2) is 0 Å². The van der Waals surface area contributed by atoms with Crippen molar-refractivity contribution in [1.82, 2.24) is 19.6 Å². The van der Waals surface area contributed by atoms with Crippen molar-refractivity contribution in [3.63, 3.8) is 0 Å². The summed E-state index contributed by atoms with van der Waals surface area (Å²) in [6.45, 7) is 22.8. The van der Waals surface area contributed by atoms with Gasteiger partial charge >= 0.3 is 0 Å². The monoisotopic (exact) mass is 324 g/mol. The second kappa shape index (κ2) is 7.08. The van der Waals surface area contributed by atoms with Crippen molar-refractivity contribution < 1.29 is 4.79 Å². The Balaban J connectivity index is 1.82. The van der Waals surface area contributed by atoms with Gasteiger partial charge in [-0.05, 0) is 34.6 Å². The molecule has 5 nitrogen and oxygen atoms in total. The maximum absolute atomic E-state index is 11.5. The Morgan fingerprint density at radius 3 is 1.70 bits per heavy atom. The third kappa shape index (κ3) is 4.91. The zero-order valence-corrected chi connectivity index (χ0v) is 16.1. The van der Waals surface area contributed by atoms with Crippen molar-refractivity contribution in [3.05, 3.63) is 0 Å². The van der Waals surface area contributed by atoms with Gasteiger partial charge in [0, 0.05) is 76.9 Å². The fourth-order valence-electron chi connectivity index (χ4n) is 3.85. The SMILES string of the molecule is CC(=O)N1CCN(C(C)(C)CN2CCN(C(C)(C)C)CC2)CC1. The molecule has 0 atom stereocenters. The van der Waals surface area contributed by atoms with Gasteiger partial charge in [0.25, 0.3) is 0 Å². The van der Waals surface area contributed by atoms with Gasteiger partial charge in [0.15, 0.2) is 0 Å². The van der Waals surface area contributed by atoms with Crippen LogP contribution in [0, 0.1) is 0 Å². The van der Waals surface area contributed by atoms with E-state index in [4.69, 9.17) is 0 Å². The molecule has 0 radical (unpaired) electrons. The zero-order chi connectivity index (χ0) is 17.3. The molecule has 0 aromatic heterocycles. The molecule has 0 aromatic rings. The maximum Gasteiger partial charge on any atom is 0.219 e. The molecule has 1 amide bonds. The Labute approximate surface area is 142 Å². The summed E-state index contributed by atoms with van der Waals surface area (Å²) in [7, 11) is 0. The number of carbonyl (C=O) groups excluding carboxylic acids is 1. The number of hydrogen-bond acceptors (Lipinski definition) is 4. The first kappa shape index (κ1) is 18.7. The third-order valence-corrected chi connectivity index (χ3v) is 5.51. The standard InChI is InChI=1S/C18H36N4O/c1-16(23)20-9-13-22(14-10-20)18(5,6)15-19-7-11-21(12-8-19)17(2,3)4/h7-15H2,1-6H3. The minimum atomic E-state index is 0.173. The third-order valence-electron chi connectivity index (χ3n) is 5.51. The lowest BCUT2D eigenvalue weighted by atomic mass is 9.99. The van der Waals surface area contributed by atoms with Gasteiger partial charge in [0.05, 0.1) is 0 Å². The zero-order valence-electron chi connectivity index (χ0n) is 16.1. The van der Waals surface area contributed by atoms with Crippen LogP contribution in [0.5, 0.6) is 0 Å². The number of piperazine rings is 2. The minimum Gasteiger partial charge on any atom is -0.340 e. The molecule has 2 aliphatic rings. The molecule has 2 aliphatic heterocycles. The first-order chi connectivity index (χ1) is 10.6.